The quantitative estimate of drug-likeness (QED) is 0.863. The smallest absolute Gasteiger partial charge is 0.256 e. The number of amides is 1. The predicted molar refractivity (Wildman–Crippen MR) is 56.1 cm³/mol. The molecule has 0 saturated carbocycles. The minimum atomic E-state index is -1.10. The van der Waals surface area contributed by atoms with E-state index >= 15 is 0 Å². The Kier molecular flexibility index (Phi) is 3.59. The number of hydrogen-bond donors (Lipinski definition) is 1. The van der Waals surface area contributed by atoms with Crippen molar-refractivity contribution in [3.8, 4) is 0 Å². The Balaban J connectivity index is 2.90. The van der Waals surface area contributed by atoms with Gasteiger partial charge in [-0.25, -0.2) is 8.78 Å². The summed E-state index contributed by atoms with van der Waals surface area (Å²) in [5, 5.41) is 2.26. The number of carbonyl (C=O) groups is 1. The first kappa shape index (κ1) is 12.6. The second-order valence-corrected chi connectivity index (χ2v) is 3.77. The largest absolute Gasteiger partial charge is 0.369 e. The molecular formula is C11H13F2NO2. The lowest BCUT2D eigenvalue weighted by molar-refractivity contribution is -0.133. The van der Waals surface area contributed by atoms with Crippen molar-refractivity contribution in [1.29, 1.82) is 0 Å². The van der Waals surface area contributed by atoms with Gasteiger partial charge in [0, 0.05) is 7.11 Å². The van der Waals surface area contributed by atoms with E-state index in [0.717, 1.165) is 6.07 Å². The summed E-state index contributed by atoms with van der Waals surface area (Å²) >= 11 is 0. The molecule has 0 unspecified atom stereocenters. The van der Waals surface area contributed by atoms with E-state index < -0.39 is 23.1 Å². The maximum Gasteiger partial charge on any atom is 0.256 e. The monoisotopic (exact) mass is 229 g/mol. The van der Waals surface area contributed by atoms with Gasteiger partial charge in [-0.15, -0.1) is 0 Å². The van der Waals surface area contributed by atoms with Gasteiger partial charge in [-0.3, -0.25) is 4.79 Å². The zero-order valence-electron chi connectivity index (χ0n) is 9.30. The summed E-state index contributed by atoms with van der Waals surface area (Å²) in [4.78, 5) is 11.6. The number of ether oxygens (including phenoxy) is 1. The summed E-state index contributed by atoms with van der Waals surface area (Å²) < 4.78 is 31.0. The Morgan fingerprint density at radius 1 is 1.38 bits per heavy atom. The van der Waals surface area contributed by atoms with Gasteiger partial charge in [0.15, 0.2) is 11.6 Å². The highest BCUT2D eigenvalue weighted by atomic mass is 19.2. The standard InChI is InChI=1S/C11H13F2NO2/c1-11(2,16-3)10(15)14-8-6-4-5-7(12)9(8)13/h4-6H,1-3H3,(H,14,15). The summed E-state index contributed by atoms with van der Waals surface area (Å²) in [6, 6.07) is 3.57. The van der Waals surface area contributed by atoms with Crippen molar-refractivity contribution in [2.24, 2.45) is 0 Å². The topological polar surface area (TPSA) is 38.3 Å². The lowest BCUT2D eigenvalue weighted by atomic mass is 10.1. The van der Waals surface area contributed by atoms with E-state index in [0.29, 0.717) is 0 Å². The number of nitrogens with one attached hydrogen (secondary N) is 1. The second kappa shape index (κ2) is 4.57. The zero-order valence-corrected chi connectivity index (χ0v) is 9.30. The van der Waals surface area contributed by atoms with Crippen molar-refractivity contribution in [2.75, 3.05) is 12.4 Å². The van der Waals surface area contributed by atoms with Gasteiger partial charge in [0.25, 0.3) is 5.91 Å². The number of halogens is 2. The molecule has 0 aromatic heterocycles. The maximum atomic E-state index is 13.2. The van der Waals surface area contributed by atoms with Crippen LogP contribution in [0.15, 0.2) is 18.2 Å². The summed E-state index contributed by atoms with van der Waals surface area (Å²) in [6.07, 6.45) is 0. The van der Waals surface area contributed by atoms with E-state index in [4.69, 9.17) is 4.74 Å². The SMILES string of the molecule is COC(C)(C)C(=O)Nc1cccc(F)c1F. The molecule has 0 radical (unpaired) electrons. The molecule has 0 atom stereocenters. The van der Waals surface area contributed by atoms with Crippen molar-refractivity contribution in [3.63, 3.8) is 0 Å². The van der Waals surface area contributed by atoms with Gasteiger partial charge in [0.2, 0.25) is 0 Å². The third-order valence-corrected chi connectivity index (χ3v) is 2.26. The Bertz CT molecular complexity index is 405. The first-order chi connectivity index (χ1) is 7.38. The highest BCUT2D eigenvalue weighted by molar-refractivity contribution is 5.96. The summed E-state index contributed by atoms with van der Waals surface area (Å²) in [5.74, 6) is -2.63. The second-order valence-electron chi connectivity index (χ2n) is 3.77. The van der Waals surface area contributed by atoms with E-state index in [1.807, 2.05) is 0 Å². The number of anilines is 1. The minimum absolute atomic E-state index is 0.199. The third kappa shape index (κ3) is 2.55. The van der Waals surface area contributed by atoms with Crippen molar-refractivity contribution in [3.05, 3.63) is 29.8 Å². The Labute approximate surface area is 92.4 Å². The molecule has 0 heterocycles. The molecule has 1 amide bonds. The van der Waals surface area contributed by atoms with Crippen LogP contribution in [-0.2, 0) is 9.53 Å². The van der Waals surface area contributed by atoms with Crippen LogP contribution in [0.2, 0.25) is 0 Å². The molecule has 1 rings (SSSR count). The van der Waals surface area contributed by atoms with Crippen LogP contribution in [0.4, 0.5) is 14.5 Å². The summed E-state index contributed by atoms with van der Waals surface area (Å²) in [6.45, 7) is 3.05. The van der Waals surface area contributed by atoms with E-state index in [1.165, 1.54) is 33.1 Å². The first-order valence-electron chi connectivity index (χ1n) is 4.69. The molecule has 0 spiro atoms. The molecule has 3 nitrogen and oxygen atoms in total. The predicted octanol–water partition coefficient (Wildman–Crippen LogP) is 2.33. The van der Waals surface area contributed by atoms with E-state index in [-0.39, 0.29) is 5.69 Å². The Morgan fingerprint density at radius 2 is 2.00 bits per heavy atom. The van der Waals surface area contributed by atoms with Gasteiger partial charge >= 0.3 is 0 Å². The molecule has 0 aliphatic rings. The third-order valence-electron chi connectivity index (χ3n) is 2.26. The van der Waals surface area contributed by atoms with E-state index in [9.17, 15) is 13.6 Å². The van der Waals surface area contributed by atoms with E-state index in [2.05, 4.69) is 5.32 Å². The highest BCUT2D eigenvalue weighted by Crippen LogP contribution is 2.19. The van der Waals surface area contributed by atoms with Crippen LogP contribution in [0.3, 0.4) is 0 Å². The summed E-state index contributed by atoms with van der Waals surface area (Å²) in [5.41, 5.74) is -1.30. The fourth-order valence-electron chi connectivity index (χ4n) is 0.966. The minimum Gasteiger partial charge on any atom is -0.369 e. The van der Waals surface area contributed by atoms with Crippen LogP contribution in [-0.4, -0.2) is 18.6 Å². The Hall–Kier alpha value is -1.49. The zero-order chi connectivity index (χ0) is 12.3. The van der Waals surface area contributed by atoms with Crippen LogP contribution in [0.1, 0.15) is 13.8 Å². The molecule has 88 valence electrons. The Morgan fingerprint density at radius 3 is 2.56 bits per heavy atom. The van der Waals surface area contributed by atoms with Gasteiger partial charge in [0.1, 0.15) is 5.60 Å². The maximum absolute atomic E-state index is 13.2. The van der Waals surface area contributed by atoms with Gasteiger partial charge in [-0.05, 0) is 26.0 Å². The molecule has 0 bridgehead atoms. The molecule has 0 aliphatic carbocycles. The molecule has 1 N–H and O–H groups in total. The van der Waals surface area contributed by atoms with Crippen LogP contribution >= 0.6 is 0 Å². The fraction of sp³-hybridized carbons (Fsp3) is 0.364. The molecule has 0 fully saturated rings. The summed E-state index contributed by atoms with van der Waals surface area (Å²) in [7, 11) is 1.36. The lowest BCUT2D eigenvalue weighted by Gasteiger charge is -2.21. The number of benzene rings is 1. The first-order valence-corrected chi connectivity index (χ1v) is 4.69. The highest BCUT2D eigenvalue weighted by Gasteiger charge is 2.27. The molecule has 0 aliphatic heterocycles. The van der Waals surface area contributed by atoms with Crippen molar-refractivity contribution in [2.45, 2.75) is 19.4 Å². The van der Waals surface area contributed by atoms with E-state index in [1.54, 1.807) is 0 Å². The molecule has 1 aromatic rings. The molecule has 5 heteroatoms. The van der Waals surface area contributed by atoms with Gasteiger partial charge in [-0.2, -0.15) is 0 Å². The van der Waals surface area contributed by atoms with Crippen molar-refractivity contribution in [1.82, 2.24) is 0 Å². The number of methoxy groups -OCH3 is 1. The van der Waals surface area contributed by atoms with Gasteiger partial charge < -0.3 is 10.1 Å². The average Bonchev–Trinajstić information content (AvgIpc) is 2.24. The van der Waals surface area contributed by atoms with Gasteiger partial charge in [0.05, 0.1) is 5.69 Å². The van der Waals surface area contributed by atoms with Crippen LogP contribution in [0, 0.1) is 11.6 Å². The van der Waals surface area contributed by atoms with Crippen LogP contribution < -0.4 is 5.32 Å². The molecular weight excluding hydrogens is 216 g/mol. The van der Waals surface area contributed by atoms with Gasteiger partial charge in [-0.1, -0.05) is 6.07 Å². The normalized spacial score (nSPS) is 11.3. The number of carbonyl (C=O) groups excluding carboxylic acids is 1. The molecule has 0 saturated heterocycles. The van der Waals surface area contributed by atoms with Crippen LogP contribution in [0.5, 0.6) is 0 Å². The number of hydrogen-bond acceptors (Lipinski definition) is 2. The van der Waals surface area contributed by atoms with Crippen molar-refractivity contribution < 1.29 is 18.3 Å². The lowest BCUT2D eigenvalue weighted by Crippen LogP contribution is -2.39. The molecule has 16 heavy (non-hydrogen) atoms. The number of rotatable bonds is 3. The average molecular weight is 229 g/mol. The van der Waals surface area contributed by atoms with Crippen molar-refractivity contribution >= 4 is 11.6 Å². The molecule has 1 aromatic carbocycles. The fourth-order valence-corrected chi connectivity index (χ4v) is 0.966. The van der Waals surface area contributed by atoms with Crippen LogP contribution in [0.25, 0.3) is 0 Å².